The van der Waals surface area contributed by atoms with Gasteiger partial charge in [0.25, 0.3) is 11.8 Å². The maximum atomic E-state index is 13.3. The number of benzene rings is 2. The van der Waals surface area contributed by atoms with Gasteiger partial charge >= 0.3 is 0 Å². The van der Waals surface area contributed by atoms with Gasteiger partial charge in [0.2, 0.25) is 0 Å². The Morgan fingerprint density at radius 2 is 1.86 bits per heavy atom. The third-order valence-corrected chi connectivity index (χ3v) is 5.15. The Morgan fingerprint density at radius 3 is 2.64 bits per heavy atom. The molecule has 9 heteroatoms. The number of thiophene rings is 1. The molecule has 4 aromatic rings. The van der Waals surface area contributed by atoms with Crippen molar-refractivity contribution in [2.75, 3.05) is 10.6 Å². The molecule has 28 heavy (non-hydrogen) atoms. The fourth-order valence-electron chi connectivity index (χ4n) is 2.59. The Balaban J connectivity index is 1.55. The molecule has 0 bridgehead atoms. The second kappa shape index (κ2) is 7.41. The number of amides is 2. The van der Waals surface area contributed by atoms with Gasteiger partial charge in [-0.25, -0.2) is 4.39 Å². The van der Waals surface area contributed by atoms with Crippen LogP contribution in [0, 0.1) is 5.82 Å². The molecular formula is C19H12ClFN4O2S. The molecule has 4 rings (SSSR count). The average molecular weight is 415 g/mol. The first-order chi connectivity index (χ1) is 13.5. The van der Waals surface area contributed by atoms with E-state index in [-0.39, 0.29) is 11.5 Å². The lowest BCUT2D eigenvalue weighted by Crippen LogP contribution is -2.12. The minimum absolute atomic E-state index is 0.178. The molecule has 6 nitrogen and oxygen atoms in total. The summed E-state index contributed by atoms with van der Waals surface area (Å²) >= 11 is 7.10. The number of hydrogen-bond acceptors (Lipinski definition) is 4. The third kappa shape index (κ3) is 3.73. The van der Waals surface area contributed by atoms with Crippen LogP contribution in [0.4, 0.5) is 15.9 Å². The first-order valence-electron chi connectivity index (χ1n) is 8.11. The Bertz CT molecular complexity index is 1200. The van der Waals surface area contributed by atoms with Crippen molar-refractivity contribution in [1.82, 2.24) is 10.2 Å². The van der Waals surface area contributed by atoms with Crippen LogP contribution in [-0.2, 0) is 0 Å². The largest absolute Gasteiger partial charge is 0.321 e. The lowest BCUT2D eigenvalue weighted by Gasteiger charge is -2.04. The molecule has 0 aliphatic carbocycles. The molecule has 2 amide bonds. The molecule has 2 heterocycles. The zero-order valence-electron chi connectivity index (χ0n) is 14.1. The molecule has 0 atom stereocenters. The normalized spacial score (nSPS) is 10.8. The minimum Gasteiger partial charge on any atom is -0.321 e. The van der Waals surface area contributed by atoms with E-state index in [0.29, 0.717) is 31.6 Å². The van der Waals surface area contributed by atoms with Gasteiger partial charge in [0.05, 0.1) is 10.3 Å². The average Bonchev–Trinajstić information content (AvgIpc) is 3.24. The van der Waals surface area contributed by atoms with E-state index in [1.165, 1.54) is 29.5 Å². The number of carbonyl (C=O) groups is 2. The molecule has 0 aliphatic rings. The fraction of sp³-hybridized carbons (Fsp3) is 0. The zero-order valence-corrected chi connectivity index (χ0v) is 15.7. The Kier molecular flexibility index (Phi) is 4.81. The van der Waals surface area contributed by atoms with Gasteiger partial charge < -0.3 is 10.6 Å². The van der Waals surface area contributed by atoms with Crippen LogP contribution >= 0.6 is 22.9 Å². The lowest BCUT2D eigenvalue weighted by atomic mass is 10.2. The number of fused-ring (bicyclic) bond motifs is 1. The monoisotopic (exact) mass is 414 g/mol. The van der Waals surface area contributed by atoms with Crippen molar-refractivity contribution in [3.63, 3.8) is 0 Å². The standard InChI is InChI=1S/C19H12ClFN4O2S/c20-11-4-2-6-13(8-11)22-18(27)15-9-14-16(24-25-19(14)28-15)23-17(26)10-3-1-5-12(21)7-10/h1-9H,(H,22,27)(H2,23,24,25,26). The van der Waals surface area contributed by atoms with Gasteiger partial charge in [-0.3, -0.25) is 14.7 Å². The van der Waals surface area contributed by atoms with Crippen molar-refractivity contribution >= 4 is 56.5 Å². The van der Waals surface area contributed by atoms with Gasteiger partial charge in [0.15, 0.2) is 0 Å². The molecular weight excluding hydrogens is 403 g/mol. The summed E-state index contributed by atoms with van der Waals surface area (Å²) in [5.41, 5.74) is 0.752. The molecule has 0 spiro atoms. The second-order valence-corrected chi connectivity index (χ2v) is 7.32. The molecule has 3 N–H and O–H groups in total. The van der Waals surface area contributed by atoms with E-state index < -0.39 is 11.7 Å². The zero-order chi connectivity index (χ0) is 19.7. The summed E-state index contributed by atoms with van der Waals surface area (Å²) in [7, 11) is 0. The van der Waals surface area contributed by atoms with Gasteiger partial charge in [-0.15, -0.1) is 11.3 Å². The molecule has 0 radical (unpaired) electrons. The predicted molar refractivity (Wildman–Crippen MR) is 108 cm³/mol. The quantitative estimate of drug-likeness (QED) is 0.443. The molecule has 2 aromatic carbocycles. The molecule has 0 fully saturated rings. The number of aromatic amines is 1. The number of anilines is 2. The second-order valence-electron chi connectivity index (χ2n) is 5.86. The maximum absolute atomic E-state index is 13.3. The highest BCUT2D eigenvalue weighted by atomic mass is 35.5. The van der Waals surface area contributed by atoms with E-state index in [0.717, 1.165) is 6.07 Å². The van der Waals surface area contributed by atoms with E-state index in [9.17, 15) is 14.0 Å². The van der Waals surface area contributed by atoms with Crippen LogP contribution in [0.2, 0.25) is 5.02 Å². The van der Waals surface area contributed by atoms with Gasteiger partial charge in [0, 0.05) is 16.3 Å². The van der Waals surface area contributed by atoms with Crippen LogP contribution in [-0.4, -0.2) is 22.0 Å². The summed E-state index contributed by atoms with van der Waals surface area (Å²) in [6, 6.07) is 13.8. The van der Waals surface area contributed by atoms with Crippen LogP contribution in [0.15, 0.2) is 54.6 Å². The topological polar surface area (TPSA) is 86.9 Å². The number of hydrogen-bond donors (Lipinski definition) is 3. The van der Waals surface area contributed by atoms with E-state index in [1.54, 1.807) is 30.3 Å². The maximum Gasteiger partial charge on any atom is 0.265 e. The summed E-state index contributed by atoms with van der Waals surface area (Å²) in [4.78, 5) is 25.8. The lowest BCUT2D eigenvalue weighted by molar-refractivity contribution is 0.102. The smallest absolute Gasteiger partial charge is 0.265 e. The van der Waals surface area contributed by atoms with Crippen LogP contribution in [0.1, 0.15) is 20.0 Å². The van der Waals surface area contributed by atoms with E-state index in [1.807, 2.05) is 0 Å². The summed E-state index contributed by atoms with van der Waals surface area (Å²) < 4.78 is 13.3. The molecule has 0 saturated carbocycles. The van der Waals surface area contributed by atoms with Gasteiger partial charge in [-0.2, -0.15) is 5.10 Å². The highest BCUT2D eigenvalue weighted by Gasteiger charge is 2.17. The molecule has 0 unspecified atom stereocenters. The van der Waals surface area contributed by atoms with Crippen molar-refractivity contribution in [2.24, 2.45) is 0 Å². The summed E-state index contributed by atoms with van der Waals surface area (Å²) in [5, 5.41) is 13.3. The summed E-state index contributed by atoms with van der Waals surface area (Å²) in [5.74, 6) is -0.964. The number of carbonyl (C=O) groups excluding carboxylic acids is 2. The van der Waals surface area contributed by atoms with Crippen molar-refractivity contribution in [1.29, 1.82) is 0 Å². The van der Waals surface area contributed by atoms with Crippen LogP contribution < -0.4 is 10.6 Å². The van der Waals surface area contributed by atoms with Gasteiger partial charge in [0.1, 0.15) is 16.5 Å². The van der Waals surface area contributed by atoms with Crippen molar-refractivity contribution < 1.29 is 14.0 Å². The van der Waals surface area contributed by atoms with Crippen LogP contribution in [0.5, 0.6) is 0 Å². The van der Waals surface area contributed by atoms with Crippen LogP contribution in [0.3, 0.4) is 0 Å². The Morgan fingerprint density at radius 1 is 1.04 bits per heavy atom. The first kappa shape index (κ1) is 18.1. The molecule has 2 aromatic heterocycles. The van der Waals surface area contributed by atoms with Crippen molar-refractivity contribution in [3.8, 4) is 0 Å². The fourth-order valence-corrected chi connectivity index (χ4v) is 3.67. The number of halogens is 2. The van der Waals surface area contributed by atoms with Crippen molar-refractivity contribution in [3.05, 3.63) is 75.9 Å². The predicted octanol–water partition coefficient (Wildman–Crippen LogP) is 4.92. The van der Waals surface area contributed by atoms with E-state index in [2.05, 4.69) is 20.8 Å². The Labute approximate surface area is 167 Å². The van der Waals surface area contributed by atoms with E-state index in [4.69, 9.17) is 11.6 Å². The molecule has 140 valence electrons. The highest BCUT2D eigenvalue weighted by Crippen LogP contribution is 2.30. The minimum atomic E-state index is -0.502. The number of aromatic nitrogens is 2. The number of rotatable bonds is 4. The third-order valence-electron chi connectivity index (χ3n) is 3.88. The van der Waals surface area contributed by atoms with Gasteiger partial charge in [-0.05, 0) is 42.5 Å². The molecule has 0 saturated heterocycles. The summed E-state index contributed by atoms with van der Waals surface area (Å²) in [6.45, 7) is 0. The number of H-pyrrole nitrogens is 1. The number of nitrogens with one attached hydrogen (secondary N) is 3. The SMILES string of the molecule is O=C(Nc1[nH]nc2sc(C(=O)Nc3cccc(Cl)c3)cc12)c1cccc(F)c1. The van der Waals surface area contributed by atoms with Gasteiger partial charge in [-0.1, -0.05) is 23.7 Å². The van der Waals surface area contributed by atoms with E-state index >= 15 is 0 Å². The number of nitrogens with zero attached hydrogens (tertiary/aromatic N) is 1. The Hall–Kier alpha value is -3.23. The van der Waals surface area contributed by atoms with Crippen molar-refractivity contribution in [2.45, 2.75) is 0 Å². The van der Waals surface area contributed by atoms with Crippen LogP contribution in [0.25, 0.3) is 10.2 Å². The highest BCUT2D eigenvalue weighted by molar-refractivity contribution is 7.20. The first-order valence-corrected chi connectivity index (χ1v) is 9.31. The molecule has 0 aliphatic heterocycles. The summed E-state index contributed by atoms with van der Waals surface area (Å²) in [6.07, 6.45) is 0.